The minimum absolute atomic E-state index is 0.126. The van der Waals surface area contributed by atoms with E-state index in [1.54, 1.807) is 13.2 Å². The Morgan fingerprint density at radius 3 is 2.72 bits per heavy atom. The fourth-order valence-electron chi connectivity index (χ4n) is 1.76. The van der Waals surface area contributed by atoms with Crippen LogP contribution in [0.15, 0.2) is 18.2 Å². The van der Waals surface area contributed by atoms with Crippen LogP contribution in [0.1, 0.15) is 25.5 Å². The fraction of sp³-hybridized carbons (Fsp3) is 0.571. The van der Waals surface area contributed by atoms with Gasteiger partial charge in [-0.3, -0.25) is 0 Å². The highest BCUT2D eigenvalue weighted by molar-refractivity contribution is 5.41. The lowest BCUT2D eigenvalue weighted by Crippen LogP contribution is -2.30. The number of benzene rings is 1. The third-order valence-corrected chi connectivity index (χ3v) is 3.19. The molecule has 18 heavy (non-hydrogen) atoms. The van der Waals surface area contributed by atoms with Gasteiger partial charge in [-0.25, -0.2) is 0 Å². The molecule has 0 heterocycles. The molecule has 0 fully saturated rings. The van der Waals surface area contributed by atoms with Gasteiger partial charge >= 0.3 is 0 Å². The van der Waals surface area contributed by atoms with Crippen LogP contribution in [-0.4, -0.2) is 43.8 Å². The third kappa shape index (κ3) is 4.20. The number of methoxy groups -OCH3 is 1. The third-order valence-electron chi connectivity index (χ3n) is 3.19. The maximum absolute atomic E-state index is 9.92. The molecule has 1 unspecified atom stereocenters. The molecule has 0 saturated heterocycles. The summed E-state index contributed by atoms with van der Waals surface area (Å²) in [7, 11) is 3.69. The summed E-state index contributed by atoms with van der Waals surface area (Å²) in [6, 6.07) is 5.54. The number of phenolic OH excluding ortho intramolecular Hbond substituents is 1. The predicted molar refractivity (Wildman–Crippen MR) is 74.2 cm³/mol. The molecule has 0 radical (unpaired) electrons. The summed E-state index contributed by atoms with van der Waals surface area (Å²) in [6.07, 6.45) is 0. The van der Waals surface area contributed by atoms with E-state index in [0.717, 1.165) is 25.2 Å². The lowest BCUT2D eigenvalue weighted by molar-refractivity contribution is 0.340. The molecule has 0 aliphatic rings. The largest absolute Gasteiger partial charge is 0.507 e. The first-order valence-corrected chi connectivity index (χ1v) is 6.37. The van der Waals surface area contributed by atoms with Crippen LogP contribution in [0.3, 0.4) is 0 Å². The first kappa shape index (κ1) is 14.8. The van der Waals surface area contributed by atoms with Gasteiger partial charge in [0.15, 0.2) is 0 Å². The summed E-state index contributed by atoms with van der Waals surface area (Å²) in [5, 5.41) is 13.3. The van der Waals surface area contributed by atoms with Gasteiger partial charge in [0.2, 0.25) is 0 Å². The molecular formula is C14H24N2O2. The average Bonchev–Trinajstić information content (AvgIpc) is 2.37. The minimum atomic E-state index is 0.126. The molecule has 1 aromatic carbocycles. The van der Waals surface area contributed by atoms with Crippen LogP contribution in [0.25, 0.3) is 0 Å². The van der Waals surface area contributed by atoms with Gasteiger partial charge in [0.25, 0.3) is 0 Å². The van der Waals surface area contributed by atoms with Crippen molar-refractivity contribution in [2.24, 2.45) is 0 Å². The van der Waals surface area contributed by atoms with Crippen molar-refractivity contribution in [3.63, 3.8) is 0 Å². The van der Waals surface area contributed by atoms with E-state index in [1.165, 1.54) is 0 Å². The normalized spacial score (nSPS) is 12.7. The molecule has 1 rings (SSSR count). The summed E-state index contributed by atoms with van der Waals surface area (Å²) in [4.78, 5) is 2.24. The Morgan fingerprint density at radius 1 is 1.44 bits per heavy atom. The van der Waals surface area contributed by atoms with Gasteiger partial charge in [-0.1, -0.05) is 13.0 Å². The molecule has 0 aliphatic carbocycles. The zero-order chi connectivity index (χ0) is 13.5. The first-order chi connectivity index (χ1) is 8.58. The fourth-order valence-corrected chi connectivity index (χ4v) is 1.76. The average molecular weight is 252 g/mol. The number of likely N-dealkylation sites (N-methyl/N-ethyl adjacent to an activating group) is 1. The molecule has 102 valence electrons. The van der Waals surface area contributed by atoms with Crippen LogP contribution in [0.5, 0.6) is 11.5 Å². The maximum Gasteiger partial charge on any atom is 0.124 e. The molecule has 0 bridgehead atoms. The maximum atomic E-state index is 9.92. The second kappa shape index (κ2) is 7.24. The number of nitrogens with one attached hydrogen (secondary N) is 1. The standard InChI is InChI=1S/C14H24N2O2/c1-5-16(3)9-8-15-11(2)13-7-6-12(18-4)10-14(13)17/h6-7,10-11,15,17H,5,8-9H2,1-4H3. The summed E-state index contributed by atoms with van der Waals surface area (Å²) in [6.45, 7) is 7.13. The highest BCUT2D eigenvalue weighted by Gasteiger charge is 2.10. The second-order valence-electron chi connectivity index (χ2n) is 4.50. The lowest BCUT2D eigenvalue weighted by atomic mass is 10.1. The molecule has 0 aromatic heterocycles. The van der Waals surface area contributed by atoms with Gasteiger partial charge in [-0.15, -0.1) is 0 Å². The van der Waals surface area contributed by atoms with Crippen LogP contribution >= 0.6 is 0 Å². The number of rotatable bonds is 7. The van der Waals surface area contributed by atoms with Crippen LogP contribution in [-0.2, 0) is 0 Å². The molecule has 1 aromatic rings. The number of hydrogen-bond donors (Lipinski definition) is 2. The van der Waals surface area contributed by atoms with E-state index in [0.29, 0.717) is 5.75 Å². The molecular weight excluding hydrogens is 228 g/mol. The van der Waals surface area contributed by atoms with E-state index >= 15 is 0 Å². The number of aromatic hydroxyl groups is 1. The van der Waals surface area contributed by atoms with Crippen LogP contribution in [0, 0.1) is 0 Å². The zero-order valence-corrected chi connectivity index (χ0v) is 11.7. The van der Waals surface area contributed by atoms with Gasteiger partial charge in [0.1, 0.15) is 11.5 Å². The Bertz CT molecular complexity index is 369. The number of ether oxygens (including phenoxy) is 1. The van der Waals surface area contributed by atoms with Gasteiger partial charge < -0.3 is 20.1 Å². The molecule has 2 N–H and O–H groups in total. The predicted octanol–water partition coefficient (Wildman–Crippen LogP) is 2.00. The van der Waals surface area contributed by atoms with Crippen molar-refractivity contribution in [3.05, 3.63) is 23.8 Å². The second-order valence-corrected chi connectivity index (χ2v) is 4.50. The van der Waals surface area contributed by atoms with Crippen molar-refractivity contribution >= 4 is 0 Å². The zero-order valence-electron chi connectivity index (χ0n) is 11.7. The molecule has 0 amide bonds. The lowest BCUT2D eigenvalue weighted by Gasteiger charge is -2.19. The Balaban J connectivity index is 2.53. The van der Waals surface area contributed by atoms with Crippen molar-refractivity contribution in [2.45, 2.75) is 19.9 Å². The summed E-state index contributed by atoms with van der Waals surface area (Å²) in [5.41, 5.74) is 0.898. The van der Waals surface area contributed by atoms with Crippen LogP contribution in [0.4, 0.5) is 0 Å². The van der Waals surface area contributed by atoms with E-state index in [4.69, 9.17) is 4.74 Å². The van der Waals surface area contributed by atoms with Crippen molar-refractivity contribution < 1.29 is 9.84 Å². The summed E-state index contributed by atoms with van der Waals surface area (Å²) >= 11 is 0. The first-order valence-electron chi connectivity index (χ1n) is 6.37. The van der Waals surface area contributed by atoms with Crippen LogP contribution in [0.2, 0.25) is 0 Å². The van der Waals surface area contributed by atoms with Crippen molar-refractivity contribution in [1.82, 2.24) is 10.2 Å². The molecule has 0 aliphatic heterocycles. The van der Waals surface area contributed by atoms with Crippen LogP contribution < -0.4 is 10.1 Å². The van der Waals surface area contributed by atoms with Crippen molar-refractivity contribution in [3.8, 4) is 11.5 Å². The molecule has 1 atom stereocenters. The van der Waals surface area contributed by atoms with Gasteiger partial charge in [-0.05, 0) is 26.6 Å². The molecule has 0 saturated carbocycles. The van der Waals surface area contributed by atoms with Gasteiger partial charge in [-0.2, -0.15) is 0 Å². The quantitative estimate of drug-likeness (QED) is 0.779. The summed E-state index contributed by atoms with van der Waals surface area (Å²) in [5.74, 6) is 0.951. The van der Waals surface area contributed by atoms with E-state index in [-0.39, 0.29) is 11.8 Å². The topological polar surface area (TPSA) is 44.7 Å². The smallest absolute Gasteiger partial charge is 0.124 e. The van der Waals surface area contributed by atoms with Gasteiger partial charge in [0.05, 0.1) is 7.11 Å². The minimum Gasteiger partial charge on any atom is -0.507 e. The molecule has 4 heteroatoms. The number of phenols is 1. The Kier molecular flexibility index (Phi) is 5.95. The summed E-state index contributed by atoms with van der Waals surface area (Å²) < 4.78 is 5.07. The van der Waals surface area contributed by atoms with E-state index in [2.05, 4.69) is 24.2 Å². The highest BCUT2D eigenvalue weighted by atomic mass is 16.5. The monoisotopic (exact) mass is 252 g/mol. The number of hydrogen-bond acceptors (Lipinski definition) is 4. The number of nitrogens with zero attached hydrogens (tertiary/aromatic N) is 1. The Morgan fingerprint density at radius 2 is 2.17 bits per heavy atom. The highest BCUT2D eigenvalue weighted by Crippen LogP contribution is 2.28. The SMILES string of the molecule is CCN(C)CCNC(C)c1ccc(OC)cc1O. The Labute approximate surface area is 110 Å². The molecule has 0 spiro atoms. The van der Waals surface area contributed by atoms with E-state index in [1.807, 2.05) is 19.1 Å². The van der Waals surface area contributed by atoms with Gasteiger partial charge in [0, 0.05) is 30.8 Å². The molecule has 4 nitrogen and oxygen atoms in total. The van der Waals surface area contributed by atoms with Crippen molar-refractivity contribution in [2.75, 3.05) is 33.8 Å². The van der Waals surface area contributed by atoms with E-state index < -0.39 is 0 Å². The Hall–Kier alpha value is -1.26. The van der Waals surface area contributed by atoms with E-state index in [9.17, 15) is 5.11 Å². The van der Waals surface area contributed by atoms with Crippen molar-refractivity contribution in [1.29, 1.82) is 0 Å².